The van der Waals surface area contributed by atoms with Crippen LogP contribution in [0, 0.1) is 17.5 Å². The lowest BCUT2D eigenvalue weighted by molar-refractivity contribution is 0.267. The number of nitrogens with zero attached hydrogens (tertiary/aromatic N) is 2. The van der Waals surface area contributed by atoms with E-state index in [9.17, 15) is 21.6 Å². The minimum atomic E-state index is -4.48. The Labute approximate surface area is 175 Å². The van der Waals surface area contributed by atoms with E-state index in [2.05, 4.69) is 20.8 Å². The first-order valence-electron chi connectivity index (χ1n) is 9.00. The lowest BCUT2D eigenvalue weighted by Gasteiger charge is -2.29. The first-order chi connectivity index (χ1) is 13.6. The van der Waals surface area contributed by atoms with Crippen molar-refractivity contribution in [3.05, 3.63) is 63.5 Å². The average molecular weight is 487 g/mol. The van der Waals surface area contributed by atoms with Crippen molar-refractivity contribution >= 4 is 36.9 Å². The monoisotopic (exact) mass is 486 g/mol. The van der Waals surface area contributed by atoms with Gasteiger partial charge in [-0.1, -0.05) is 15.9 Å². The van der Waals surface area contributed by atoms with Crippen LogP contribution in [0.15, 0.2) is 39.7 Å². The van der Waals surface area contributed by atoms with Crippen LogP contribution in [0.3, 0.4) is 0 Å². The van der Waals surface area contributed by atoms with Gasteiger partial charge in [0.2, 0.25) is 0 Å². The second kappa shape index (κ2) is 7.14. The Morgan fingerprint density at radius 2 is 1.83 bits per heavy atom. The molecule has 3 aromatic rings. The van der Waals surface area contributed by atoms with E-state index in [-0.39, 0.29) is 6.04 Å². The van der Waals surface area contributed by atoms with E-state index in [1.54, 1.807) is 12.1 Å². The number of likely N-dealkylation sites (N-methyl/N-ethyl adjacent to an activating group) is 1. The molecular weight excluding hydrogens is 469 g/mol. The molecule has 29 heavy (non-hydrogen) atoms. The Balaban J connectivity index is 2.01. The minimum Gasteiger partial charge on any atom is -0.306 e. The van der Waals surface area contributed by atoms with Crippen LogP contribution in [0.2, 0.25) is 0 Å². The molecule has 9 heteroatoms. The molecule has 0 bridgehead atoms. The standard InChI is InChI=1S/C20H18BrF3N2O2S/c1-25(2)12-4-7-17-14(10-12)13-9-11(21)3-6-16(13)26(17)29(27,28)18-8-5-15(22)19(23)20(18)24/h3,5-6,8-9,12H,4,7,10H2,1-2H3. The highest BCUT2D eigenvalue weighted by atomic mass is 79.9. The fourth-order valence-electron chi connectivity index (χ4n) is 3.99. The molecule has 1 aliphatic rings. The van der Waals surface area contributed by atoms with E-state index in [1.807, 2.05) is 20.2 Å². The summed E-state index contributed by atoms with van der Waals surface area (Å²) in [5.41, 5.74) is 1.82. The van der Waals surface area contributed by atoms with Crippen LogP contribution in [0.4, 0.5) is 13.2 Å². The maximum Gasteiger partial charge on any atom is 0.271 e. The Bertz CT molecular complexity index is 1240. The molecule has 1 aliphatic carbocycles. The van der Waals surface area contributed by atoms with Crippen LogP contribution < -0.4 is 0 Å². The molecular formula is C20H18BrF3N2O2S. The topological polar surface area (TPSA) is 42.3 Å². The van der Waals surface area contributed by atoms with E-state index in [0.717, 1.165) is 31.9 Å². The zero-order valence-electron chi connectivity index (χ0n) is 15.7. The second-order valence-corrected chi connectivity index (χ2v) is 10.1. The van der Waals surface area contributed by atoms with Gasteiger partial charge in [-0.05, 0) is 69.3 Å². The fraction of sp³-hybridized carbons (Fsp3) is 0.300. The molecule has 0 spiro atoms. The number of fused-ring (bicyclic) bond motifs is 3. The van der Waals surface area contributed by atoms with Gasteiger partial charge in [-0.2, -0.15) is 0 Å². The number of rotatable bonds is 3. The molecule has 0 saturated heterocycles. The summed E-state index contributed by atoms with van der Waals surface area (Å²) >= 11 is 3.42. The third kappa shape index (κ3) is 3.19. The largest absolute Gasteiger partial charge is 0.306 e. The molecule has 1 heterocycles. The summed E-state index contributed by atoms with van der Waals surface area (Å²) in [5, 5.41) is 0.743. The molecule has 0 fully saturated rings. The SMILES string of the molecule is CN(C)C1CCc2c(c3cc(Br)ccc3n2S(=O)(=O)c2ccc(F)c(F)c2F)C1. The fourth-order valence-corrected chi connectivity index (χ4v) is 6.02. The van der Waals surface area contributed by atoms with Gasteiger partial charge < -0.3 is 4.90 Å². The van der Waals surface area contributed by atoms with Crippen molar-refractivity contribution in [2.45, 2.75) is 30.2 Å². The van der Waals surface area contributed by atoms with Crippen molar-refractivity contribution in [2.75, 3.05) is 14.1 Å². The van der Waals surface area contributed by atoms with Gasteiger partial charge in [0.05, 0.1) is 5.52 Å². The molecule has 4 nitrogen and oxygen atoms in total. The number of aromatic nitrogens is 1. The van der Waals surface area contributed by atoms with E-state index in [1.165, 1.54) is 0 Å². The first kappa shape index (κ1) is 20.4. The number of hydrogen-bond acceptors (Lipinski definition) is 3. The highest BCUT2D eigenvalue weighted by Gasteiger charge is 2.34. The van der Waals surface area contributed by atoms with Crippen LogP contribution in [-0.4, -0.2) is 37.4 Å². The molecule has 0 N–H and O–H groups in total. The molecule has 1 aromatic heterocycles. The van der Waals surface area contributed by atoms with Crippen LogP contribution in [-0.2, 0) is 22.9 Å². The first-order valence-corrected chi connectivity index (χ1v) is 11.2. The maximum absolute atomic E-state index is 14.4. The lowest BCUT2D eigenvalue weighted by Crippen LogP contribution is -2.34. The maximum atomic E-state index is 14.4. The van der Waals surface area contributed by atoms with Crippen LogP contribution in [0.25, 0.3) is 10.9 Å². The van der Waals surface area contributed by atoms with Crippen molar-refractivity contribution < 1.29 is 21.6 Å². The lowest BCUT2D eigenvalue weighted by atomic mass is 9.91. The third-order valence-corrected chi connectivity index (χ3v) is 7.76. The van der Waals surface area contributed by atoms with Gasteiger partial charge in [0, 0.05) is 21.6 Å². The Morgan fingerprint density at radius 3 is 2.52 bits per heavy atom. The molecule has 154 valence electrons. The van der Waals surface area contributed by atoms with Crippen molar-refractivity contribution in [3.8, 4) is 0 Å². The zero-order chi connectivity index (χ0) is 21.1. The van der Waals surface area contributed by atoms with Gasteiger partial charge in [-0.25, -0.2) is 25.6 Å². The van der Waals surface area contributed by atoms with Gasteiger partial charge in [0.25, 0.3) is 10.0 Å². The molecule has 0 radical (unpaired) electrons. The predicted molar refractivity (Wildman–Crippen MR) is 108 cm³/mol. The summed E-state index contributed by atoms with van der Waals surface area (Å²) < 4.78 is 70.1. The van der Waals surface area contributed by atoms with Gasteiger partial charge in [0.15, 0.2) is 17.5 Å². The van der Waals surface area contributed by atoms with Crippen LogP contribution in [0.1, 0.15) is 17.7 Å². The summed E-state index contributed by atoms with van der Waals surface area (Å²) in [6.07, 6.45) is 1.83. The van der Waals surface area contributed by atoms with E-state index < -0.39 is 32.4 Å². The average Bonchev–Trinajstić information content (AvgIpc) is 2.99. The normalized spacial score (nSPS) is 17.1. The van der Waals surface area contributed by atoms with E-state index in [4.69, 9.17) is 0 Å². The molecule has 1 unspecified atom stereocenters. The molecule has 0 aliphatic heterocycles. The summed E-state index contributed by atoms with van der Waals surface area (Å²) in [7, 11) is -0.537. The van der Waals surface area contributed by atoms with E-state index in [0.29, 0.717) is 30.1 Å². The number of benzene rings is 2. The predicted octanol–water partition coefficient (Wildman–Crippen LogP) is 4.48. The van der Waals surface area contributed by atoms with Gasteiger partial charge in [-0.3, -0.25) is 0 Å². The van der Waals surface area contributed by atoms with Gasteiger partial charge in [0.1, 0.15) is 4.90 Å². The number of halogens is 4. The van der Waals surface area contributed by atoms with Crippen molar-refractivity contribution in [1.29, 1.82) is 0 Å². The minimum absolute atomic E-state index is 0.239. The molecule has 1 atom stereocenters. The molecule has 4 rings (SSSR count). The summed E-state index contributed by atoms with van der Waals surface area (Å²) in [6, 6.07) is 6.80. The van der Waals surface area contributed by atoms with Crippen molar-refractivity contribution in [1.82, 2.24) is 8.87 Å². The smallest absolute Gasteiger partial charge is 0.271 e. The van der Waals surface area contributed by atoms with Crippen molar-refractivity contribution in [2.24, 2.45) is 0 Å². The summed E-state index contributed by atoms with van der Waals surface area (Å²) in [5.74, 6) is -4.94. The molecule has 0 amide bonds. The quantitative estimate of drug-likeness (QED) is 0.512. The number of hydrogen-bond donors (Lipinski definition) is 0. The van der Waals surface area contributed by atoms with Crippen LogP contribution in [0.5, 0.6) is 0 Å². The molecule has 0 saturated carbocycles. The Morgan fingerprint density at radius 1 is 1.10 bits per heavy atom. The van der Waals surface area contributed by atoms with Crippen LogP contribution >= 0.6 is 15.9 Å². The summed E-state index contributed by atoms with van der Waals surface area (Å²) in [4.78, 5) is 1.21. The molecule has 2 aromatic carbocycles. The second-order valence-electron chi connectivity index (χ2n) is 7.39. The van der Waals surface area contributed by atoms with E-state index >= 15 is 0 Å². The summed E-state index contributed by atoms with van der Waals surface area (Å²) in [6.45, 7) is 0. The van der Waals surface area contributed by atoms with Gasteiger partial charge >= 0.3 is 0 Å². The third-order valence-electron chi connectivity index (χ3n) is 5.50. The van der Waals surface area contributed by atoms with Crippen molar-refractivity contribution in [3.63, 3.8) is 0 Å². The Hall–Kier alpha value is -1.84. The highest BCUT2D eigenvalue weighted by Crippen LogP contribution is 2.37. The van der Waals surface area contributed by atoms with Gasteiger partial charge in [-0.15, -0.1) is 0 Å². The highest BCUT2D eigenvalue weighted by molar-refractivity contribution is 9.10. The zero-order valence-corrected chi connectivity index (χ0v) is 18.1. The Kier molecular flexibility index (Phi) is 5.03.